The maximum atomic E-state index is 12.0. The van der Waals surface area contributed by atoms with E-state index in [4.69, 9.17) is 61.6 Å². The van der Waals surface area contributed by atoms with Crippen molar-refractivity contribution in [2.24, 2.45) is 71.0 Å². The monoisotopic (exact) mass is 1090 g/mol. The summed E-state index contributed by atoms with van der Waals surface area (Å²) < 4.78 is 86.4. The second-order valence-electron chi connectivity index (χ2n) is 25.2. The maximum Gasteiger partial charge on any atom is 0.184 e. The van der Waals surface area contributed by atoms with Crippen LogP contribution >= 0.6 is 0 Å². The second-order valence-corrected chi connectivity index (χ2v) is 25.2. The summed E-state index contributed by atoms with van der Waals surface area (Å²) in [4.78, 5) is 0. The topological polar surface area (TPSA) is 201 Å². The summed E-state index contributed by atoms with van der Waals surface area (Å²) in [7, 11) is 0. The van der Waals surface area contributed by atoms with Crippen molar-refractivity contribution in [1.82, 2.24) is 0 Å². The zero-order valence-electron chi connectivity index (χ0n) is 49.8. The van der Waals surface area contributed by atoms with Gasteiger partial charge in [0.1, 0.15) is 18.3 Å². The standard InChI is InChI=1S/C59H106O17/c1-20-40-45(61)26(6)31(11)56(67-40)74-52-35(15)47(63)59(69-43(52)23-4)75-51-30(10)34(14)57(68-42(51)22-3)71-48-29(9)33(13)55(66-38(48)18)76-53-44(24-60)70-58(36(16)46(53)62)72-49-28(8)32(12)54(65-39(49)19)73-50-27(7)25(5)37(17)64-41(50)21-2/h25-63H,20-24H2,1-19H3/t25?,26?,27-,28?,29-,30-,31?,32?,33?,34?,35?,36?,37+,38?,39+,40?,41?,42?,43?,44?,45+,46?,47?,48-,49+,50-,51-,52+,53-,54-,55+,56-,57+,58-,59-/m1/s1. The van der Waals surface area contributed by atoms with Crippen molar-refractivity contribution >= 4 is 0 Å². The average molecular weight is 1090 g/mol. The Labute approximate surface area is 457 Å². The average Bonchev–Trinajstić information content (AvgIpc) is 3.40. The van der Waals surface area contributed by atoms with Crippen LogP contribution in [0.4, 0.5) is 0 Å². The minimum absolute atomic E-state index is 0.000851. The van der Waals surface area contributed by atoms with E-state index in [1.54, 1.807) is 0 Å². The van der Waals surface area contributed by atoms with Crippen LogP contribution in [0.2, 0.25) is 0 Å². The van der Waals surface area contributed by atoms with Crippen LogP contribution in [0.3, 0.4) is 0 Å². The van der Waals surface area contributed by atoms with Crippen LogP contribution in [0.5, 0.6) is 0 Å². The highest BCUT2D eigenvalue weighted by atomic mass is 16.8. The fourth-order valence-electron chi connectivity index (χ4n) is 13.6. The van der Waals surface area contributed by atoms with Crippen molar-refractivity contribution in [3.8, 4) is 0 Å². The number of ether oxygens (including phenoxy) is 13. The molecule has 7 rings (SSSR count). The molecule has 7 aliphatic heterocycles. The van der Waals surface area contributed by atoms with Crippen molar-refractivity contribution in [3.05, 3.63) is 0 Å². The zero-order chi connectivity index (χ0) is 55.9. The number of hydrogen-bond donors (Lipinski definition) is 4. The Hall–Kier alpha value is -0.680. The molecule has 7 fully saturated rings. The van der Waals surface area contributed by atoms with Crippen LogP contribution in [0, 0.1) is 71.0 Å². The molecule has 4 N–H and O–H groups in total. The van der Waals surface area contributed by atoms with Gasteiger partial charge in [-0.15, -0.1) is 0 Å². The molecule has 0 aromatic rings. The summed E-state index contributed by atoms with van der Waals surface area (Å²) in [5.74, 6) is -0.528. The number of rotatable bonds is 17. The van der Waals surface area contributed by atoms with Crippen molar-refractivity contribution in [3.63, 3.8) is 0 Å². The molecular weight excluding hydrogens is 981 g/mol. The van der Waals surface area contributed by atoms with Crippen LogP contribution < -0.4 is 0 Å². The number of aliphatic hydroxyl groups is 4. The van der Waals surface area contributed by atoms with Crippen LogP contribution in [0.25, 0.3) is 0 Å². The summed E-state index contributed by atoms with van der Waals surface area (Å²) in [5.41, 5.74) is 0. The summed E-state index contributed by atoms with van der Waals surface area (Å²) in [6, 6.07) is 0. The molecule has 17 heteroatoms. The van der Waals surface area contributed by atoms with E-state index in [-0.39, 0.29) is 121 Å². The second kappa shape index (κ2) is 26.7. The lowest BCUT2D eigenvalue weighted by Crippen LogP contribution is -2.62. The predicted molar refractivity (Wildman–Crippen MR) is 283 cm³/mol. The summed E-state index contributed by atoms with van der Waals surface area (Å²) >= 11 is 0. The third kappa shape index (κ3) is 12.8. The summed E-state index contributed by atoms with van der Waals surface area (Å²) in [5, 5.41) is 45.3. The molecular formula is C59H106O17. The largest absolute Gasteiger partial charge is 0.394 e. The van der Waals surface area contributed by atoms with E-state index in [2.05, 4.69) is 76.2 Å². The normalized spacial score (nSPS) is 54.6. The maximum absolute atomic E-state index is 12.0. The quantitative estimate of drug-likeness (QED) is 0.110. The van der Waals surface area contributed by atoms with Gasteiger partial charge in [-0.05, 0) is 82.0 Å². The minimum Gasteiger partial charge on any atom is -0.394 e. The molecule has 7 heterocycles. The number of aliphatic hydroxyl groups excluding tert-OH is 4. The van der Waals surface area contributed by atoms with E-state index in [1.807, 2.05) is 55.4 Å². The van der Waals surface area contributed by atoms with E-state index in [9.17, 15) is 20.4 Å². The SMILES string of the molecule is CCC1O[C@H](O[C@@H]2C(CC)O[C@H](O[C@H]3C(CC)O[C@@H](O[C@H]4C(C)O[C@@H](O[C@@H]5C(CO)O[C@H](O[C@H]6C(C)C(C)[C@@H](O[C@H]7C(CC)O[C@@H](C)C(C)[C@H]7C)O[C@H]6C)C(C)C5O)C(C)[C@H]4C)C(C)[C@H]3C)C(O)C2C)C(C)C(C)[C@@H]1O. The van der Waals surface area contributed by atoms with E-state index in [1.165, 1.54) is 0 Å². The molecule has 0 saturated carbocycles. The molecule has 0 radical (unpaired) electrons. The summed E-state index contributed by atoms with van der Waals surface area (Å²) in [6.45, 7) is 39.1. The van der Waals surface area contributed by atoms with Crippen LogP contribution in [0.15, 0.2) is 0 Å². The van der Waals surface area contributed by atoms with Gasteiger partial charge in [-0.3, -0.25) is 0 Å². The molecule has 0 spiro atoms. The van der Waals surface area contributed by atoms with Crippen molar-refractivity contribution in [2.75, 3.05) is 6.61 Å². The molecule has 35 atom stereocenters. The molecule has 0 bridgehead atoms. The molecule has 7 saturated heterocycles. The van der Waals surface area contributed by atoms with E-state index in [0.29, 0.717) is 31.1 Å². The molecule has 0 aromatic heterocycles. The van der Waals surface area contributed by atoms with Gasteiger partial charge < -0.3 is 82.0 Å². The van der Waals surface area contributed by atoms with Gasteiger partial charge in [0.05, 0.1) is 92.1 Å². The molecule has 0 aromatic carbocycles. The smallest absolute Gasteiger partial charge is 0.184 e. The molecule has 17 nitrogen and oxygen atoms in total. The minimum atomic E-state index is -1.03. The van der Waals surface area contributed by atoms with Crippen molar-refractivity contribution in [1.29, 1.82) is 0 Å². The van der Waals surface area contributed by atoms with Gasteiger partial charge in [0, 0.05) is 35.5 Å². The Bertz CT molecular complexity index is 1760. The Balaban J connectivity index is 0.925. The molecule has 444 valence electrons. The first-order chi connectivity index (χ1) is 35.9. The van der Waals surface area contributed by atoms with Crippen LogP contribution in [-0.4, -0.2) is 169 Å². The highest BCUT2D eigenvalue weighted by Crippen LogP contribution is 2.45. The van der Waals surface area contributed by atoms with E-state index < -0.39 is 86.4 Å². The van der Waals surface area contributed by atoms with Gasteiger partial charge in [0.25, 0.3) is 0 Å². The lowest BCUT2D eigenvalue weighted by molar-refractivity contribution is -0.374. The van der Waals surface area contributed by atoms with Crippen LogP contribution in [-0.2, 0) is 61.6 Å². The first-order valence-corrected chi connectivity index (χ1v) is 30.1. The first kappa shape index (κ1) is 62.9. The predicted octanol–water partition coefficient (Wildman–Crippen LogP) is 7.82. The third-order valence-corrected chi connectivity index (χ3v) is 20.5. The Morgan fingerprint density at radius 3 is 1.07 bits per heavy atom. The Kier molecular flexibility index (Phi) is 22.1. The highest BCUT2D eigenvalue weighted by molar-refractivity contribution is 4.97. The van der Waals surface area contributed by atoms with Gasteiger partial charge in [-0.1, -0.05) is 111 Å². The Morgan fingerprint density at radius 1 is 0.263 bits per heavy atom. The van der Waals surface area contributed by atoms with E-state index >= 15 is 0 Å². The van der Waals surface area contributed by atoms with Gasteiger partial charge in [-0.25, -0.2) is 0 Å². The molecule has 17 unspecified atom stereocenters. The van der Waals surface area contributed by atoms with Gasteiger partial charge in [-0.2, -0.15) is 0 Å². The van der Waals surface area contributed by atoms with Crippen molar-refractivity contribution in [2.45, 2.75) is 299 Å². The van der Waals surface area contributed by atoms with Crippen molar-refractivity contribution < 1.29 is 82.0 Å². The van der Waals surface area contributed by atoms with Gasteiger partial charge in [0.15, 0.2) is 37.7 Å². The molecule has 76 heavy (non-hydrogen) atoms. The Morgan fingerprint density at radius 2 is 0.592 bits per heavy atom. The fourth-order valence-corrected chi connectivity index (χ4v) is 13.6. The number of hydrogen-bond acceptors (Lipinski definition) is 17. The lowest BCUT2D eigenvalue weighted by atomic mass is 9.80. The summed E-state index contributed by atoms with van der Waals surface area (Å²) in [6.07, 6.45) is -8.64. The van der Waals surface area contributed by atoms with Gasteiger partial charge >= 0.3 is 0 Å². The lowest BCUT2D eigenvalue weighted by Gasteiger charge is -2.52. The molecule has 0 aliphatic carbocycles. The molecule has 7 aliphatic rings. The van der Waals surface area contributed by atoms with Crippen LogP contribution in [0.1, 0.15) is 157 Å². The zero-order valence-corrected chi connectivity index (χ0v) is 49.8. The van der Waals surface area contributed by atoms with Gasteiger partial charge in [0.2, 0.25) is 0 Å². The first-order valence-electron chi connectivity index (χ1n) is 30.1. The molecule has 0 amide bonds. The third-order valence-electron chi connectivity index (χ3n) is 20.5. The highest BCUT2D eigenvalue weighted by Gasteiger charge is 2.55. The fraction of sp³-hybridized carbons (Fsp3) is 1.00. The van der Waals surface area contributed by atoms with E-state index in [0.717, 1.165) is 6.42 Å².